The molecule has 1 aromatic heterocycles. The highest BCUT2D eigenvalue weighted by molar-refractivity contribution is 14.0. The van der Waals surface area contributed by atoms with E-state index >= 15 is 0 Å². The zero-order valence-electron chi connectivity index (χ0n) is 12.8. The number of rotatable bonds is 7. The molecule has 5 nitrogen and oxygen atoms in total. The van der Waals surface area contributed by atoms with Crippen LogP contribution in [0.5, 0.6) is 0 Å². The number of halogens is 1. The lowest BCUT2D eigenvalue weighted by atomic mass is 9.93. The van der Waals surface area contributed by atoms with Gasteiger partial charge in [0.15, 0.2) is 5.96 Å². The summed E-state index contributed by atoms with van der Waals surface area (Å²) in [5.74, 6) is 0.383. The number of hydrogen-bond acceptors (Lipinski definition) is 3. The Kier molecular flexibility index (Phi) is 9.60. The van der Waals surface area contributed by atoms with E-state index in [2.05, 4.69) is 33.1 Å². The van der Waals surface area contributed by atoms with Crippen LogP contribution < -0.4 is 16.4 Å². The zero-order valence-corrected chi connectivity index (χ0v) is 16.0. The Labute approximate surface area is 147 Å². The predicted molar refractivity (Wildman–Crippen MR) is 100 cm³/mol. The van der Waals surface area contributed by atoms with Gasteiger partial charge in [0.1, 0.15) is 0 Å². The summed E-state index contributed by atoms with van der Waals surface area (Å²) in [6.07, 6.45) is 0.960. The first-order valence-corrected chi connectivity index (χ1v) is 7.68. The van der Waals surface area contributed by atoms with E-state index in [1.165, 1.54) is 4.88 Å². The highest BCUT2D eigenvalue weighted by Gasteiger charge is 2.24. The number of carbonyl (C=O) groups is 1. The second kappa shape index (κ2) is 9.99. The van der Waals surface area contributed by atoms with Crippen molar-refractivity contribution in [1.82, 2.24) is 10.6 Å². The van der Waals surface area contributed by atoms with Crippen LogP contribution in [0, 0.1) is 5.41 Å². The zero-order chi connectivity index (χ0) is 15.0. The molecule has 1 amide bonds. The molecular formula is C14H25IN4OS. The topological polar surface area (TPSA) is 79.5 Å². The molecule has 0 saturated heterocycles. The first kappa shape index (κ1) is 20.2. The lowest BCUT2D eigenvalue weighted by Crippen LogP contribution is -2.40. The molecular weight excluding hydrogens is 399 g/mol. The van der Waals surface area contributed by atoms with Gasteiger partial charge in [0.25, 0.3) is 0 Å². The molecule has 0 radical (unpaired) electrons. The molecule has 1 heterocycles. The molecule has 0 unspecified atom stereocenters. The molecule has 7 heteroatoms. The Morgan fingerprint density at radius 1 is 1.43 bits per heavy atom. The average molecular weight is 424 g/mol. The summed E-state index contributed by atoms with van der Waals surface area (Å²) < 4.78 is 0. The molecule has 120 valence electrons. The summed E-state index contributed by atoms with van der Waals surface area (Å²) in [5.41, 5.74) is 4.72. The van der Waals surface area contributed by atoms with Gasteiger partial charge in [-0.25, -0.2) is 0 Å². The number of nitrogens with zero attached hydrogens (tertiary/aromatic N) is 1. The maximum Gasteiger partial charge on any atom is 0.224 e. The number of guanidine groups is 1. The fourth-order valence-corrected chi connectivity index (χ4v) is 2.16. The largest absolute Gasteiger partial charge is 0.369 e. The summed E-state index contributed by atoms with van der Waals surface area (Å²) in [5, 5.41) is 8.50. The maximum absolute atomic E-state index is 11.3. The molecule has 0 aliphatic rings. The van der Waals surface area contributed by atoms with Crippen LogP contribution in [-0.4, -0.2) is 31.5 Å². The highest BCUT2D eigenvalue weighted by atomic mass is 127. The Morgan fingerprint density at radius 3 is 2.67 bits per heavy atom. The van der Waals surface area contributed by atoms with Crippen molar-refractivity contribution in [3.05, 3.63) is 22.4 Å². The Bertz CT molecular complexity index is 446. The van der Waals surface area contributed by atoms with E-state index in [0.717, 1.165) is 25.5 Å². The number of carbonyl (C=O) groups excluding carboxylic acids is 1. The van der Waals surface area contributed by atoms with Crippen molar-refractivity contribution in [2.45, 2.75) is 27.2 Å². The van der Waals surface area contributed by atoms with Crippen LogP contribution in [0.3, 0.4) is 0 Å². The van der Waals surface area contributed by atoms with E-state index in [-0.39, 0.29) is 29.9 Å². The Hall–Kier alpha value is -0.830. The van der Waals surface area contributed by atoms with Gasteiger partial charge in [-0.15, -0.1) is 35.3 Å². The quantitative estimate of drug-likeness (QED) is 0.356. The summed E-state index contributed by atoms with van der Waals surface area (Å²) in [6, 6.07) is 4.17. The van der Waals surface area contributed by atoms with Gasteiger partial charge in [-0.1, -0.05) is 6.07 Å². The normalized spacial score (nSPS) is 11.7. The molecule has 0 saturated carbocycles. The van der Waals surface area contributed by atoms with Crippen LogP contribution in [0.2, 0.25) is 0 Å². The minimum Gasteiger partial charge on any atom is -0.369 e. The predicted octanol–water partition coefficient (Wildman–Crippen LogP) is 1.98. The van der Waals surface area contributed by atoms with E-state index < -0.39 is 5.41 Å². The van der Waals surface area contributed by atoms with Crippen molar-refractivity contribution < 1.29 is 4.79 Å². The molecule has 0 aromatic carbocycles. The van der Waals surface area contributed by atoms with Crippen LogP contribution >= 0.6 is 35.3 Å². The van der Waals surface area contributed by atoms with Crippen LogP contribution in [0.25, 0.3) is 0 Å². The van der Waals surface area contributed by atoms with Gasteiger partial charge in [0, 0.05) is 18.0 Å². The van der Waals surface area contributed by atoms with E-state index in [1.807, 2.05) is 6.92 Å². The first-order valence-electron chi connectivity index (χ1n) is 6.80. The molecule has 0 spiro atoms. The lowest BCUT2D eigenvalue weighted by Gasteiger charge is -2.19. The fraction of sp³-hybridized carbons (Fsp3) is 0.571. The van der Waals surface area contributed by atoms with Gasteiger partial charge in [-0.3, -0.25) is 9.79 Å². The number of nitrogens with one attached hydrogen (secondary N) is 2. The van der Waals surface area contributed by atoms with E-state index in [9.17, 15) is 4.79 Å². The summed E-state index contributed by atoms with van der Waals surface area (Å²) in [6.45, 7) is 7.57. The maximum atomic E-state index is 11.3. The van der Waals surface area contributed by atoms with Gasteiger partial charge in [0.05, 0.1) is 12.0 Å². The molecule has 0 bridgehead atoms. The first-order chi connectivity index (χ1) is 9.45. The third-order valence-electron chi connectivity index (χ3n) is 2.89. The minimum absolute atomic E-state index is 0. The van der Waals surface area contributed by atoms with Crippen molar-refractivity contribution in [2.75, 3.05) is 19.6 Å². The van der Waals surface area contributed by atoms with Crippen molar-refractivity contribution in [1.29, 1.82) is 0 Å². The summed E-state index contributed by atoms with van der Waals surface area (Å²) in [4.78, 5) is 17.0. The SMILES string of the molecule is CCNC(=NCC(C)(C)C(N)=O)NCCc1cccs1.I. The number of aliphatic imine (C=N–C) groups is 1. The van der Waals surface area contributed by atoms with Gasteiger partial charge < -0.3 is 16.4 Å². The standard InChI is InChI=1S/C14H24N4OS.HI/c1-4-16-13(18-10-14(2,3)12(15)19)17-8-7-11-6-5-9-20-11;/h5-6,9H,4,7-8,10H2,1-3H3,(H2,15,19)(H2,16,17,18);1H. The number of thiophene rings is 1. The third kappa shape index (κ3) is 7.66. The second-order valence-corrected chi connectivity index (χ2v) is 6.23. The van der Waals surface area contributed by atoms with E-state index in [4.69, 9.17) is 5.73 Å². The van der Waals surface area contributed by atoms with Crippen LogP contribution in [-0.2, 0) is 11.2 Å². The lowest BCUT2D eigenvalue weighted by molar-refractivity contribution is -0.125. The minimum atomic E-state index is -0.629. The molecule has 1 aromatic rings. The molecule has 0 aliphatic heterocycles. The number of hydrogen-bond donors (Lipinski definition) is 3. The smallest absolute Gasteiger partial charge is 0.224 e. The molecule has 0 atom stereocenters. The fourth-order valence-electron chi connectivity index (χ4n) is 1.46. The number of primary amides is 1. The van der Waals surface area contributed by atoms with Crippen molar-refractivity contribution in [3.8, 4) is 0 Å². The number of amides is 1. The molecule has 0 aliphatic carbocycles. The third-order valence-corrected chi connectivity index (χ3v) is 3.82. The molecule has 0 fully saturated rings. The van der Waals surface area contributed by atoms with Gasteiger partial charge in [-0.2, -0.15) is 0 Å². The van der Waals surface area contributed by atoms with Crippen molar-refractivity contribution >= 4 is 47.2 Å². The summed E-state index contributed by atoms with van der Waals surface area (Å²) >= 11 is 1.75. The summed E-state index contributed by atoms with van der Waals surface area (Å²) in [7, 11) is 0. The average Bonchev–Trinajstić information content (AvgIpc) is 2.89. The van der Waals surface area contributed by atoms with Crippen LogP contribution in [0.4, 0.5) is 0 Å². The molecule has 4 N–H and O–H groups in total. The van der Waals surface area contributed by atoms with Gasteiger partial charge in [-0.05, 0) is 38.6 Å². The van der Waals surface area contributed by atoms with Crippen molar-refractivity contribution in [3.63, 3.8) is 0 Å². The van der Waals surface area contributed by atoms with E-state index in [1.54, 1.807) is 25.2 Å². The van der Waals surface area contributed by atoms with Gasteiger partial charge >= 0.3 is 0 Å². The Morgan fingerprint density at radius 2 is 2.14 bits per heavy atom. The van der Waals surface area contributed by atoms with Crippen LogP contribution in [0.1, 0.15) is 25.6 Å². The monoisotopic (exact) mass is 424 g/mol. The highest BCUT2D eigenvalue weighted by Crippen LogP contribution is 2.13. The molecule has 21 heavy (non-hydrogen) atoms. The second-order valence-electron chi connectivity index (χ2n) is 5.20. The van der Waals surface area contributed by atoms with Gasteiger partial charge in [0.2, 0.25) is 5.91 Å². The van der Waals surface area contributed by atoms with Crippen LogP contribution in [0.15, 0.2) is 22.5 Å². The van der Waals surface area contributed by atoms with Crippen molar-refractivity contribution in [2.24, 2.45) is 16.1 Å². The Balaban J connectivity index is 0.00000400. The number of nitrogens with two attached hydrogens (primary N) is 1. The molecule has 1 rings (SSSR count). The van der Waals surface area contributed by atoms with E-state index in [0.29, 0.717) is 6.54 Å².